The molecular weight excluding hydrogens is 238 g/mol. The van der Waals surface area contributed by atoms with Crippen molar-refractivity contribution in [3.8, 4) is 0 Å². The van der Waals surface area contributed by atoms with E-state index in [9.17, 15) is 4.79 Å². The highest BCUT2D eigenvalue weighted by atomic mass is 16.4. The van der Waals surface area contributed by atoms with Crippen LogP contribution >= 0.6 is 0 Å². The molecule has 0 saturated heterocycles. The number of carbonyl (C=O) groups is 1. The molecule has 0 bridgehead atoms. The summed E-state index contributed by atoms with van der Waals surface area (Å²) < 4.78 is 0. The van der Waals surface area contributed by atoms with Crippen molar-refractivity contribution in [2.75, 3.05) is 6.54 Å². The molecule has 0 amide bonds. The molecule has 2 aromatic carbocycles. The first-order chi connectivity index (χ1) is 9.20. The number of rotatable bonds is 6. The van der Waals surface area contributed by atoms with Crippen molar-refractivity contribution in [1.82, 2.24) is 5.32 Å². The molecule has 0 aliphatic carbocycles. The summed E-state index contributed by atoms with van der Waals surface area (Å²) >= 11 is 0. The van der Waals surface area contributed by atoms with Crippen molar-refractivity contribution >= 4 is 16.7 Å². The lowest BCUT2D eigenvalue weighted by Gasteiger charge is -2.11. The summed E-state index contributed by atoms with van der Waals surface area (Å²) in [4.78, 5) is 10.9. The second-order valence-electron chi connectivity index (χ2n) is 4.76. The standard InChI is InChI=1S/C16H19NO2/c1-2-13(16(18)19)11-17-10-12-7-8-14-5-3-4-6-15(14)9-12/h3-9,13,17H,2,10-11H2,1H3,(H,18,19). The first kappa shape index (κ1) is 13.6. The maximum absolute atomic E-state index is 10.9. The largest absolute Gasteiger partial charge is 0.481 e. The van der Waals surface area contributed by atoms with Crippen LogP contribution in [0.5, 0.6) is 0 Å². The van der Waals surface area contributed by atoms with Crippen LogP contribution in [0.15, 0.2) is 42.5 Å². The first-order valence-electron chi connectivity index (χ1n) is 6.62. The van der Waals surface area contributed by atoms with E-state index in [1.165, 1.54) is 16.3 Å². The molecule has 2 aromatic rings. The van der Waals surface area contributed by atoms with E-state index in [-0.39, 0.29) is 5.92 Å². The molecular formula is C16H19NO2. The van der Waals surface area contributed by atoms with E-state index in [4.69, 9.17) is 5.11 Å². The number of aliphatic carboxylic acids is 1. The fourth-order valence-electron chi connectivity index (χ4n) is 2.15. The van der Waals surface area contributed by atoms with E-state index < -0.39 is 5.97 Å². The lowest BCUT2D eigenvalue weighted by molar-refractivity contribution is -0.141. The SMILES string of the molecule is CCC(CNCc1ccc2ccccc2c1)C(=O)O. The van der Waals surface area contributed by atoms with Crippen LogP contribution in [0.2, 0.25) is 0 Å². The van der Waals surface area contributed by atoms with E-state index in [2.05, 4.69) is 35.6 Å². The van der Waals surface area contributed by atoms with E-state index in [1.807, 2.05) is 19.1 Å². The molecule has 0 aliphatic heterocycles. The minimum atomic E-state index is -0.728. The molecule has 0 fully saturated rings. The normalized spacial score (nSPS) is 12.5. The molecule has 0 radical (unpaired) electrons. The number of hydrogen-bond donors (Lipinski definition) is 2. The minimum absolute atomic E-state index is 0.305. The Bertz CT molecular complexity index is 565. The van der Waals surface area contributed by atoms with Gasteiger partial charge in [0, 0.05) is 13.1 Å². The van der Waals surface area contributed by atoms with Crippen LogP contribution in [0.1, 0.15) is 18.9 Å². The zero-order chi connectivity index (χ0) is 13.7. The van der Waals surface area contributed by atoms with Crippen LogP contribution in [0, 0.1) is 5.92 Å². The van der Waals surface area contributed by atoms with Crippen molar-refractivity contribution in [3.63, 3.8) is 0 Å². The van der Waals surface area contributed by atoms with Crippen LogP contribution in [0.4, 0.5) is 0 Å². The summed E-state index contributed by atoms with van der Waals surface area (Å²) in [6.45, 7) is 3.11. The van der Waals surface area contributed by atoms with Crippen molar-refractivity contribution in [3.05, 3.63) is 48.0 Å². The first-order valence-corrected chi connectivity index (χ1v) is 6.62. The van der Waals surface area contributed by atoms with Gasteiger partial charge in [-0.05, 0) is 28.8 Å². The molecule has 1 atom stereocenters. The van der Waals surface area contributed by atoms with Gasteiger partial charge in [0.05, 0.1) is 5.92 Å². The molecule has 3 heteroatoms. The predicted octanol–water partition coefficient (Wildman–Crippen LogP) is 3.04. The molecule has 100 valence electrons. The number of fused-ring (bicyclic) bond motifs is 1. The molecule has 3 nitrogen and oxygen atoms in total. The molecule has 1 unspecified atom stereocenters. The van der Waals surface area contributed by atoms with Gasteiger partial charge in [-0.1, -0.05) is 43.3 Å². The van der Waals surface area contributed by atoms with Gasteiger partial charge in [0.15, 0.2) is 0 Å². The van der Waals surface area contributed by atoms with Gasteiger partial charge < -0.3 is 10.4 Å². The van der Waals surface area contributed by atoms with E-state index in [0.717, 1.165) is 0 Å². The average Bonchev–Trinajstić information content (AvgIpc) is 2.43. The summed E-state index contributed by atoms with van der Waals surface area (Å²) in [5, 5.41) is 14.6. The van der Waals surface area contributed by atoms with Crippen molar-refractivity contribution in [2.45, 2.75) is 19.9 Å². The second kappa shape index (κ2) is 6.34. The van der Waals surface area contributed by atoms with Gasteiger partial charge in [-0.2, -0.15) is 0 Å². The highest BCUT2D eigenvalue weighted by Gasteiger charge is 2.13. The lowest BCUT2D eigenvalue weighted by atomic mass is 10.1. The molecule has 0 saturated carbocycles. The summed E-state index contributed by atoms with van der Waals surface area (Å²) in [5.74, 6) is -1.03. The fraction of sp³-hybridized carbons (Fsp3) is 0.312. The minimum Gasteiger partial charge on any atom is -0.481 e. The Morgan fingerprint density at radius 3 is 2.63 bits per heavy atom. The van der Waals surface area contributed by atoms with Crippen molar-refractivity contribution in [1.29, 1.82) is 0 Å². The van der Waals surface area contributed by atoms with Gasteiger partial charge in [-0.25, -0.2) is 0 Å². The van der Waals surface area contributed by atoms with Crippen LogP contribution in [0.3, 0.4) is 0 Å². The van der Waals surface area contributed by atoms with Crippen molar-refractivity contribution < 1.29 is 9.90 Å². The van der Waals surface area contributed by atoms with Gasteiger partial charge in [0.2, 0.25) is 0 Å². The van der Waals surface area contributed by atoms with Gasteiger partial charge >= 0.3 is 5.97 Å². The average molecular weight is 257 g/mol. The summed E-state index contributed by atoms with van der Waals surface area (Å²) in [6, 6.07) is 14.5. The number of benzene rings is 2. The predicted molar refractivity (Wildman–Crippen MR) is 77.1 cm³/mol. The maximum Gasteiger partial charge on any atom is 0.307 e. The Balaban J connectivity index is 1.96. The Hall–Kier alpha value is -1.87. The lowest BCUT2D eigenvalue weighted by Crippen LogP contribution is -2.27. The zero-order valence-electron chi connectivity index (χ0n) is 11.1. The monoisotopic (exact) mass is 257 g/mol. The Labute approximate surface area is 113 Å². The number of hydrogen-bond acceptors (Lipinski definition) is 2. The molecule has 19 heavy (non-hydrogen) atoms. The highest BCUT2D eigenvalue weighted by Crippen LogP contribution is 2.15. The Kier molecular flexibility index (Phi) is 4.53. The van der Waals surface area contributed by atoms with Crippen molar-refractivity contribution in [2.24, 2.45) is 5.92 Å². The molecule has 0 aliphatic rings. The molecule has 2 N–H and O–H groups in total. The second-order valence-corrected chi connectivity index (χ2v) is 4.76. The Morgan fingerprint density at radius 1 is 1.21 bits per heavy atom. The van der Waals surface area contributed by atoms with Crippen LogP contribution in [-0.2, 0) is 11.3 Å². The molecule has 2 rings (SSSR count). The van der Waals surface area contributed by atoms with Gasteiger partial charge in [-0.3, -0.25) is 4.79 Å². The molecule has 0 spiro atoms. The maximum atomic E-state index is 10.9. The molecule has 0 heterocycles. The summed E-state index contributed by atoms with van der Waals surface area (Å²) in [6.07, 6.45) is 0.653. The summed E-state index contributed by atoms with van der Waals surface area (Å²) in [7, 11) is 0. The third kappa shape index (κ3) is 3.55. The zero-order valence-corrected chi connectivity index (χ0v) is 11.1. The number of carboxylic acids is 1. The van der Waals surface area contributed by atoms with E-state index >= 15 is 0 Å². The van der Waals surface area contributed by atoms with E-state index in [0.29, 0.717) is 19.5 Å². The van der Waals surface area contributed by atoms with E-state index in [1.54, 1.807) is 0 Å². The summed E-state index contributed by atoms with van der Waals surface area (Å²) in [5.41, 5.74) is 1.18. The van der Waals surface area contributed by atoms with Gasteiger partial charge in [0.1, 0.15) is 0 Å². The van der Waals surface area contributed by atoms with Gasteiger partial charge in [0.25, 0.3) is 0 Å². The van der Waals surface area contributed by atoms with Crippen LogP contribution in [0.25, 0.3) is 10.8 Å². The van der Waals surface area contributed by atoms with Gasteiger partial charge in [-0.15, -0.1) is 0 Å². The Morgan fingerprint density at radius 2 is 1.95 bits per heavy atom. The highest BCUT2D eigenvalue weighted by molar-refractivity contribution is 5.82. The quantitative estimate of drug-likeness (QED) is 0.836. The topological polar surface area (TPSA) is 49.3 Å². The number of carboxylic acid groups (broad SMARTS) is 1. The van der Waals surface area contributed by atoms with Crippen LogP contribution in [-0.4, -0.2) is 17.6 Å². The third-order valence-corrected chi connectivity index (χ3v) is 3.38. The van der Waals surface area contributed by atoms with Crippen LogP contribution < -0.4 is 5.32 Å². The third-order valence-electron chi connectivity index (χ3n) is 3.38. The smallest absolute Gasteiger partial charge is 0.307 e. The molecule has 0 aromatic heterocycles. The fourth-order valence-corrected chi connectivity index (χ4v) is 2.15. The number of nitrogens with one attached hydrogen (secondary N) is 1.